The number of hydrogen-bond donors (Lipinski definition) is 0. The monoisotopic (exact) mass is 256 g/mol. The average Bonchev–Trinajstić information content (AvgIpc) is 2.93. The van der Waals surface area contributed by atoms with E-state index in [2.05, 4.69) is 51.7 Å². The SMILES string of the molecule is C1=C(c2ccccc2)CN(Cc2cscn2)CC1. The van der Waals surface area contributed by atoms with Gasteiger partial charge in [0, 0.05) is 25.0 Å². The normalized spacial score (nSPS) is 16.6. The Hall–Kier alpha value is -1.45. The molecule has 0 fully saturated rings. The minimum absolute atomic E-state index is 0.966. The average molecular weight is 256 g/mol. The summed E-state index contributed by atoms with van der Waals surface area (Å²) >= 11 is 1.67. The predicted octanol–water partition coefficient (Wildman–Crippen LogP) is 3.43. The van der Waals surface area contributed by atoms with Crippen molar-refractivity contribution in [1.29, 1.82) is 0 Å². The van der Waals surface area contributed by atoms with Crippen molar-refractivity contribution in [2.45, 2.75) is 13.0 Å². The fourth-order valence-corrected chi connectivity index (χ4v) is 2.90. The first-order valence-corrected chi connectivity index (χ1v) is 7.20. The van der Waals surface area contributed by atoms with Crippen molar-refractivity contribution in [3.05, 3.63) is 58.6 Å². The summed E-state index contributed by atoms with van der Waals surface area (Å²) in [6.07, 6.45) is 3.50. The molecule has 0 bridgehead atoms. The molecule has 2 aromatic rings. The molecule has 0 N–H and O–H groups in total. The standard InChI is InChI=1S/C15H16N2S/c1-2-5-13(6-3-1)14-7-4-8-17(9-14)10-15-11-18-12-16-15/h1-3,5-7,11-12H,4,8-10H2. The van der Waals surface area contributed by atoms with E-state index in [-0.39, 0.29) is 0 Å². The van der Waals surface area contributed by atoms with E-state index in [1.807, 2.05) is 5.51 Å². The van der Waals surface area contributed by atoms with Crippen LogP contribution in [0.1, 0.15) is 17.7 Å². The van der Waals surface area contributed by atoms with Crippen LogP contribution in [0, 0.1) is 0 Å². The molecule has 0 aliphatic carbocycles. The van der Waals surface area contributed by atoms with E-state index in [9.17, 15) is 0 Å². The van der Waals surface area contributed by atoms with Crippen molar-refractivity contribution < 1.29 is 0 Å². The van der Waals surface area contributed by atoms with Gasteiger partial charge >= 0.3 is 0 Å². The van der Waals surface area contributed by atoms with Gasteiger partial charge in [-0.05, 0) is 17.6 Å². The molecule has 3 rings (SSSR count). The van der Waals surface area contributed by atoms with E-state index in [0.717, 1.165) is 26.1 Å². The van der Waals surface area contributed by atoms with Crippen molar-refractivity contribution in [3.8, 4) is 0 Å². The van der Waals surface area contributed by atoms with Gasteiger partial charge in [-0.15, -0.1) is 11.3 Å². The van der Waals surface area contributed by atoms with Crippen LogP contribution in [0.3, 0.4) is 0 Å². The number of nitrogens with zero attached hydrogens (tertiary/aromatic N) is 2. The summed E-state index contributed by atoms with van der Waals surface area (Å²) in [6, 6.07) is 10.7. The Labute approximate surface area is 112 Å². The summed E-state index contributed by atoms with van der Waals surface area (Å²) in [5.74, 6) is 0. The molecule has 0 unspecified atom stereocenters. The number of aromatic nitrogens is 1. The minimum Gasteiger partial charge on any atom is -0.293 e. The summed E-state index contributed by atoms with van der Waals surface area (Å²) in [7, 11) is 0. The lowest BCUT2D eigenvalue weighted by Crippen LogP contribution is -2.29. The second kappa shape index (κ2) is 5.46. The Bertz CT molecular complexity index is 517. The fourth-order valence-electron chi connectivity index (χ4n) is 2.35. The van der Waals surface area contributed by atoms with Crippen LogP contribution >= 0.6 is 11.3 Å². The summed E-state index contributed by atoms with van der Waals surface area (Å²) in [5, 5.41) is 2.14. The lowest BCUT2D eigenvalue weighted by atomic mass is 10.0. The number of rotatable bonds is 3. The highest BCUT2D eigenvalue weighted by molar-refractivity contribution is 7.07. The zero-order valence-corrected chi connectivity index (χ0v) is 11.1. The van der Waals surface area contributed by atoms with Gasteiger partial charge in [-0.1, -0.05) is 36.4 Å². The third kappa shape index (κ3) is 2.68. The molecule has 0 spiro atoms. The maximum atomic E-state index is 4.37. The largest absolute Gasteiger partial charge is 0.293 e. The predicted molar refractivity (Wildman–Crippen MR) is 76.4 cm³/mol. The molecule has 0 radical (unpaired) electrons. The van der Waals surface area contributed by atoms with Crippen LogP contribution in [0.25, 0.3) is 5.57 Å². The Morgan fingerprint density at radius 3 is 2.89 bits per heavy atom. The highest BCUT2D eigenvalue weighted by Crippen LogP contribution is 2.21. The summed E-state index contributed by atoms with van der Waals surface area (Å²) in [5.41, 5.74) is 5.89. The van der Waals surface area contributed by atoms with E-state index in [1.165, 1.54) is 16.8 Å². The first kappa shape index (κ1) is 11.6. The lowest BCUT2D eigenvalue weighted by Gasteiger charge is -2.26. The molecule has 0 amide bonds. The third-order valence-electron chi connectivity index (χ3n) is 3.24. The third-order valence-corrected chi connectivity index (χ3v) is 3.88. The number of hydrogen-bond acceptors (Lipinski definition) is 3. The van der Waals surface area contributed by atoms with Gasteiger partial charge in [0.05, 0.1) is 11.2 Å². The minimum atomic E-state index is 0.966. The van der Waals surface area contributed by atoms with E-state index in [4.69, 9.17) is 0 Å². The number of benzene rings is 1. The molecule has 0 saturated heterocycles. The van der Waals surface area contributed by atoms with Crippen molar-refractivity contribution in [3.63, 3.8) is 0 Å². The first-order valence-electron chi connectivity index (χ1n) is 6.26. The van der Waals surface area contributed by atoms with Crippen LogP contribution in [0.15, 0.2) is 47.3 Å². The molecule has 92 valence electrons. The van der Waals surface area contributed by atoms with Gasteiger partial charge < -0.3 is 0 Å². The smallest absolute Gasteiger partial charge is 0.0795 e. The van der Waals surface area contributed by atoms with Gasteiger partial charge in [0.25, 0.3) is 0 Å². The maximum Gasteiger partial charge on any atom is 0.0795 e. The van der Waals surface area contributed by atoms with Gasteiger partial charge in [-0.2, -0.15) is 0 Å². The van der Waals surface area contributed by atoms with Crippen molar-refractivity contribution >= 4 is 16.9 Å². The molecule has 1 aliphatic rings. The molecular weight excluding hydrogens is 240 g/mol. The molecule has 3 heteroatoms. The fraction of sp³-hybridized carbons (Fsp3) is 0.267. The van der Waals surface area contributed by atoms with Crippen LogP contribution in [-0.2, 0) is 6.54 Å². The summed E-state index contributed by atoms with van der Waals surface area (Å²) in [4.78, 5) is 6.84. The topological polar surface area (TPSA) is 16.1 Å². The van der Waals surface area contributed by atoms with Crippen molar-refractivity contribution in [1.82, 2.24) is 9.88 Å². The lowest BCUT2D eigenvalue weighted by molar-refractivity contribution is 0.293. The molecule has 0 atom stereocenters. The Balaban J connectivity index is 1.70. The van der Waals surface area contributed by atoms with Gasteiger partial charge in [0.1, 0.15) is 0 Å². The Morgan fingerprint density at radius 1 is 1.22 bits per heavy atom. The van der Waals surface area contributed by atoms with Crippen molar-refractivity contribution in [2.24, 2.45) is 0 Å². The summed E-state index contributed by atoms with van der Waals surface area (Å²) < 4.78 is 0. The first-order chi connectivity index (χ1) is 8.92. The van der Waals surface area contributed by atoms with Crippen molar-refractivity contribution in [2.75, 3.05) is 13.1 Å². The van der Waals surface area contributed by atoms with E-state index in [0.29, 0.717) is 0 Å². The van der Waals surface area contributed by atoms with E-state index >= 15 is 0 Å². The molecule has 18 heavy (non-hydrogen) atoms. The Morgan fingerprint density at radius 2 is 2.11 bits per heavy atom. The molecule has 1 aromatic heterocycles. The van der Waals surface area contributed by atoms with Crippen LogP contribution in [0.5, 0.6) is 0 Å². The van der Waals surface area contributed by atoms with Crippen LogP contribution in [-0.4, -0.2) is 23.0 Å². The molecule has 2 heterocycles. The second-order valence-electron chi connectivity index (χ2n) is 4.57. The maximum absolute atomic E-state index is 4.37. The number of thiazole rings is 1. The molecule has 1 aliphatic heterocycles. The van der Waals surface area contributed by atoms with Gasteiger partial charge in [-0.25, -0.2) is 4.98 Å². The quantitative estimate of drug-likeness (QED) is 0.836. The van der Waals surface area contributed by atoms with Gasteiger partial charge in [-0.3, -0.25) is 4.90 Å². The molecular formula is C15H16N2S. The van der Waals surface area contributed by atoms with Gasteiger partial charge in [0.2, 0.25) is 0 Å². The molecule has 0 saturated carbocycles. The molecule has 2 nitrogen and oxygen atoms in total. The van der Waals surface area contributed by atoms with E-state index in [1.54, 1.807) is 11.3 Å². The highest BCUT2D eigenvalue weighted by Gasteiger charge is 2.14. The zero-order chi connectivity index (χ0) is 12.2. The van der Waals surface area contributed by atoms with Crippen LogP contribution < -0.4 is 0 Å². The molecule has 1 aromatic carbocycles. The Kier molecular flexibility index (Phi) is 3.53. The van der Waals surface area contributed by atoms with E-state index < -0.39 is 0 Å². The summed E-state index contributed by atoms with van der Waals surface area (Å²) in [6.45, 7) is 3.13. The van der Waals surface area contributed by atoms with Crippen LogP contribution in [0.4, 0.5) is 0 Å². The zero-order valence-electron chi connectivity index (χ0n) is 10.2. The van der Waals surface area contributed by atoms with Crippen LogP contribution in [0.2, 0.25) is 0 Å². The van der Waals surface area contributed by atoms with Gasteiger partial charge in [0.15, 0.2) is 0 Å². The second-order valence-corrected chi connectivity index (χ2v) is 5.29. The highest BCUT2D eigenvalue weighted by atomic mass is 32.1.